The minimum Gasteiger partial charge on any atom is -0.488 e. The summed E-state index contributed by atoms with van der Waals surface area (Å²) >= 11 is 1.57. The number of carbonyl (C=O) groups excluding carboxylic acids is 4. The Morgan fingerprint density at radius 1 is 0.821 bits per heavy atom. The van der Waals surface area contributed by atoms with Crippen molar-refractivity contribution in [3.63, 3.8) is 0 Å². The minimum absolute atomic E-state index is 0.0168. The summed E-state index contributed by atoms with van der Waals surface area (Å²) in [4.78, 5) is 61.2. The van der Waals surface area contributed by atoms with Gasteiger partial charge in [-0.2, -0.15) is 0 Å². The van der Waals surface area contributed by atoms with Crippen LogP contribution >= 0.6 is 11.3 Å². The van der Waals surface area contributed by atoms with Crippen molar-refractivity contribution in [3.8, 4) is 10.4 Å². The van der Waals surface area contributed by atoms with E-state index >= 15 is 0 Å². The molecule has 1 spiro atoms. The number of amides is 3. The van der Waals surface area contributed by atoms with E-state index in [1.807, 2.05) is 109 Å². The normalized spacial score (nSPS) is 20.2. The Morgan fingerprint density at radius 3 is 1.99 bits per heavy atom. The lowest BCUT2D eigenvalue weighted by Gasteiger charge is -2.37. The molecule has 17 nitrogen and oxygen atoms in total. The van der Waals surface area contributed by atoms with Gasteiger partial charge in [0.2, 0.25) is 17.7 Å². The highest BCUT2D eigenvalue weighted by molar-refractivity contribution is 7.13. The van der Waals surface area contributed by atoms with E-state index in [9.17, 15) is 24.3 Å². The zero-order chi connectivity index (χ0) is 55.8. The molecule has 2 aliphatic heterocycles. The first-order chi connectivity index (χ1) is 37.4. The van der Waals surface area contributed by atoms with E-state index in [1.165, 1.54) is 4.90 Å². The number of hydrogen-bond acceptors (Lipinski definition) is 15. The Kier molecular flexibility index (Phi) is 22.0. The number of β-amino-alcohol motifs (C(OH)–C–C–N with tert-alkyl or cyclic N) is 1. The van der Waals surface area contributed by atoms with Gasteiger partial charge in [0.25, 0.3) is 0 Å². The van der Waals surface area contributed by atoms with E-state index in [2.05, 4.69) is 34.7 Å². The summed E-state index contributed by atoms with van der Waals surface area (Å²) in [5.74, 6) is -1.01. The average molecular weight is 1100 g/mol. The summed E-state index contributed by atoms with van der Waals surface area (Å²) in [5.41, 5.74) is 8.82. The zero-order valence-corrected chi connectivity index (χ0v) is 47.5. The molecule has 3 N–H and O–H groups in total. The third-order valence-corrected chi connectivity index (χ3v) is 15.4. The van der Waals surface area contributed by atoms with E-state index in [-0.39, 0.29) is 56.8 Å². The van der Waals surface area contributed by atoms with Crippen molar-refractivity contribution < 1.29 is 62.2 Å². The molecule has 1 aromatic heterocycles. The molecule has 3 aliphatic rings. The van der Waals surface area contributed by atoms with Crippen LogP contribution in [0.3, 0.4) is 0 Å². The predicted molar refractivity (Wildman–Crippen MR) is 296 cm³/mol. The first-order valence-electron chi connectivity index (χ1n) is 27.3. The molecule has 1 saturated heterocycles. The van der Waals surface area contributed by atoms with Gasteiger partial charge in [-0.1, -0.05) is 93.1 Å². The number of benzene rings is 3. The summed E-state index contributed by atoms with van der Waals surface area (Å²) in [6.45, 7) is 19.1. The molecule has 3 aromatic carbocycles. The fourth-order valence-electron chi connectivity index (χ4n) is 10.4. The number of carbonyl (C=O) groups is 4. The maximum absolute atomic E-state index is 14.0. The van der Waals surface area contributed by atoms with Gasteiger partial charge in [0, 0.05) is 13.0 Å². The number of rotatable bonds is 28. The molecule has 0 bridgehead atoms. The maximum atomic E-state index is 14.0. The largest absolute Gasteiger partial charge is 0.488 e. The van der Waals surface area contributed by atoms with E-state index in [0.717, 1.165) is 62.4 Å². The molecule has 7 rings (SSSR count). The van der Waals surface area contributed by atoms with Crippen LogP contribution in [0.4, 0.5) is 0 Å². The Bertz CT molecular complexity index is 2620. The number of esters is 1. The van der Waals surface area contributed by atoms with Crippen LogP contribution in [0, 0.1) is 33.1 Å². The van der Waals surface area contributed by atoms with Crippen LogP contribution in [0.5, 0.6) is 0 Å². The second-order valence-corrected chi connectivity index (χ2v) is 22.4. The third kappa shape index (κ3) is 16.3. The Labute approximate surface area is 463 Å². The minimum atomic E-state index is -0.975. The fourth-order valence-corrected chi connectivity index (χ4v) is 11.2. The van der Waals surface area contributed by atoms with E-state index in [0.29, 0.717) is 83.6 Å². The summed E-state index contributed by atoms with van der Waals surface area (Å²) in [7, 11) is 0. The number of aryl methyl sites for hydroxylation is 4. The number of ether oxygens (including phenoxy) is 8. The summed E-state index contributed by atoms with van der Waals surface area (Å²) < 4.78 is 47.2. The quantitative estimate of drug-likeness (QED) is 0.0369. The lowest BCUT2D eigenvalue weighted by atomic mass is 9.80. The molecule has 0 unspecified atom stereocenters. The molecule has 1 aliphatic carbocycles. The number of thiazole rings is 1. The maximum Gasteiger partial charge on any atom is 0.343 e. The van der Waals surface area contributed by atoms with E-state index in [1.54, 1.807) is 11.3 Å². The van der Waals surface area contributed by atoms with Gasteiger partial charge in [-0.3, -0.25) is 14.4 Å². The van der Waals surface area contributed by atoms with Crippen molar-refractivity contribution in [1.29, 1.82) is 0 Å². The first-order valence-corrected chi connectivity index (χ1v) is 28.1. The number of nitrogens with zero attached hydrogens (tertiary/aromatic N) is 2. The Morgan fingerprint density at radius 2 is 1.41 bits per heavy atom. The fraction of sp³-hybridized carbons (Fsp3) is 0.550. The Balaban J connectivity index is 0.711. The number of hydrogen-bond donors (Lipinski definition) is 3. The molecule has 0 radical (unpaired) electrons. The molecule has 424 valence electrons. The number of likely N-dealkylation sites (tertiary alicyclic amines) is 1. The van der Waals surface area contributed by atoms with Gasteiger partial charge < -0.3 is 58.5 Å². The molecule has 18 heteroatoms. The first kappa shape index (κ1) is 60.1. The topological polar surface area (TPSA) is 203 Å². The van der Waals surface area contributed by atoms with Crippen molar-refractivity contribution in [2.24, 2.45) is 5.41 Å². The van der Waals surface area contributed by atoms with Gasteiger partial charge in [-0.05, 0) is 99.1 Å². The molecule has 2 fully saturated rings. The predicted octanol–water partition coefficient (Wildman–Crippen LogP) is 7.68. The Hall–Kier alpha value is -5.57. The van der Waals surface area contributed by atoms with Gasteiger partial charge in [-0.15, -0.1) is 11.3 Å². The summed E-state index contributed by atoms with van der Waals surface area (Å²) in [6, 6.07) is 19.9. The average Bonchev–Trinajstić information content (AvgIpc) is 4.11. The highest BCUT2D eigenvalue weighted by atomic mass is 32.1. The standard InChI is InChI=1S/C60H80N4O13S/c1-39-32-40(2)51(41(3)33-39)52-55(76-36-44-12-10-9-11-13-44)60(77-58(52)69)20-18-48(19-21-60)75-31-30-73-27-26-71-23-22-70-24-25-72-28-29-74-37-50(66)63-54(59(6,7)8)57(68)64-35-47(65)34-49(64)56(67)62-42(4)45-14-16-46(17-15-45)53-43(5)61-38-78-53/h9-17,32-33,38,42,47-49,54,65H,18-31,34-37H2,1-8H3,(H,62,67)(H,63,66)/t42-,47+,48?,49-,54+,60?/m0/s1. The van der Waals surface area contributed by atoms with Crippen LogP contribution in [-0.4, -0.2) is 148 Å². The van der Waals surface area contributed by atoms with Crippen molar-refractivity contribution in [1.82, 2.24) is 20.5 Å². The van der Waals surface area contributed by atoms with Gasteiger partial charge >= 0.3 is 5.97 Å². The van der Waals surface area contributed by atoms with Gasteiger partial charge in [-0.25, -0.2) is 9.78 Å². The highest BCUT2D eigenvalue weighted by Crippen LogP contribution is 2.49. The molecule has 3 heterocycles. The molecular formula is C60H80N4O13S. The molecule has 3 amide bonds. The van der Waals surface area contributed by atoms with Crippen LogP contribution in [0.25, 0.3) is 16.0 Å². The van der Waals surface area contributed by atoms with Crippen molar-refractivity contribution in [2.75, 3.05) is 79.2 Å². The molecular weight excluding hydrogens is 1020 g/mol. The molecule has 4 atom stereocenters. The van der Waals surface area contributed by atoms with Gasteiger partial charge in [0.05, 0.1) is 100 Å². The van der Waals surface area contributed by atoms with Crippen molar-refractivity contribution in [3.05, 3.63) is 117 Å². The lowest BCUT2D eigenvalue weighted by Crippen LogP contribution is -2.58. The number of aliphatic hydroxyl groups is 1. The second-order valence-electron chi connectivity index (χ2n) is 21.6. The lowest BCUT2D eigenvalue weighted by molar-refractivity contribution is -0.154. The summed E-state index contributed by atoms with van der Waals surface area (Å²) in [5, 5.41) is 16.5. The third-order valence-electron chi connectivity index (χ3n) is 14.4. The van der Waals surface area contributed by atoms with E-state index in [4.69, 9.17) is 37.9 Å². The van der Waals surface area contributed by atoms with Crippen LogP contribution in [0.2, 0.25) is 0 Å². The monoisotopic (exact) mass is 1100 g/mol. The van der Waals surface area contributed by atoms with Crippen LogP contribution < -0.4 is 10.6 Å². The van der Waals surface area contributed by atoms with Gasteiger partial charge in [0.1, 0.15) is 30.9 Å². The smallest absolute Gasteiger partial charge is 0.343 e. The number of aliphatic hydroxyl groups excluding tert-OH is 1. The molecule has 4 aromatic rings. The van der Waals surface area contributed by atoms with Crippen LogP contribution in [-0.2, 0) is 63.7 Å². The van der Waals surface area contributed by atoms with Gasteiger partial charge in [0.15, 0.2) is 11.4 Å². The number of nitrogens with one attached hydrogen (secondary N) is 2. The van der Waals surface area contributed by atoms with Crippen molar-refractivity contribution >= 4 is 40.6 Å². The van der Waals surface area contributed by atoms with Crippen molar-refractivity contribution in [2.45, 2.75) is 130 Å². The zero-order valence-electron chi connectivity index (χ0n) is 46.7. The van der Waals surface area contributed by atoms with Crippen LogP contribution in [0.15, 0.2) is 78.0 Å². The molecule has 78 heavy (non-hydrogen) atoms. The second kappa shape index (κ2) is 28.5. The van der Waals surface area contributed by atoms with Crippen LogP contribution in [0.1, 0.15) is 105 Å². The SMILES string of the molecule is Cc1cc(C)c(C2=C(OCc3ccccc3)C3(CCC(OCCOCCOCCOCCOCCOCC(=O)N[C@H](C(=O)N4C[C@H](O)C[C@H]4C(=O)N[C@@H](C)c4ccc(-c5scnc5C)cc4)C(C)(C)C)CC3)OC2=O)c(C)c1. The highest BCUT2D eigenvalue weighted by Gasteiger charge is 2.52. The summed E-state index contributed by atoms with van der Waals surface area (Å²) in [6.07, 6.45) is 1.88. The molecule has 1 saturated carbocycles. The number of aromatic nitrogens is 1. The van der Waals surface area contributed by atoms with E-state index < -0.39 is 41.0 Å².